The molecule has 0 radical (unpaired) electrons. The molecule has 19 heavy (non-hydrogen) atoms. The van der Waals surface area contributed by atoms with Gasteiger partial charge in [0.05, 0.1) is 12.8 Å². The summed E-state index contributed by atoms with van der Waals surface area (Å²) in [6.07, 6.45) is 0. The van der Waals surface area contributed by atoms with Gasteiger partial charge in [-0.1, -0.05) is 17.7 Å². The van der Waals surface area contributed by atoms with Gasteiger partial charge in [0.25, 0.3) is 0 Å². The summed E-state index contributed by atoms with van der Waals surface area (Å²) < 4.78 is 5.27. The summed E-state index contributed by atoms with van der Waals surface area (Å²) in [4.78, 5) is 2.14. The first kappa shape index (κ1) is 13.3. The standard InChI is InChI=1S/C16H20N2O/c1-11-5-8-15(12(2)9-11)18(3)13-6-7-14(17)16(10-13)19-4/h5-10H,17H2,1-4H3. The Balaban J connectivity index is 2.40. The minimum Gasteiger partial charge on any atom is -0.495 e. The van der Waals surface area contributed by atoms with E-state index in [1.807, 2.05) is 25.2 Å². The summed E-state index contributed by atoms with van der Waals surface area (Å²) in [5.41, 5.74) is 11.2. The molecule has 0 aliphatic heterocycles. The number of rotatable bonds is 3. The van der Waals surface area contributed by atoms with Crippen molar-refractivity contribution in [2.45, 2.75) is 13.8 Å². The van der Waals surface area contributed by atoms with Crippen LogP contribution >= 0.6 is 0 Å². The first-order valence-electron chi connectivity index (χ1n) is 6.27. The van der Waals surface area contributed by atoms with Gasteiger partial charge in [0, 0.05) is 24.5 Å². The minimum atomic E-state index is 0.653. The number of aryl methyl sites for hydroxylation is 2. The molecule has 0 aliphatic carbocycles. The maximum atomic E-state index is 5.85. The van der Waals surface area contributed by atoms with E-state index in [-0.39, 0.29) is 0 Å². The van der Waals surface area contributed by atoms with Crippen LogP contribution in [0.15, 0.2) is 36.4 Å². The minimum absolute atomic E-state index is 0.653. The van der Waals surface area contributed by atoms with Crippen LogP contribution in [-0.4, -0.2) is 14.2 Å². The Morgan fingerprint density at radius 1 is 1.05 bits per heavy atom. The predicted octanol–water partition coefficient (Wildman–Crippen LogP) is 3.66. The van der Waals surface area contributed by atoms with Gasteiger partial charge in [0.15, 0.2) is 0 Å². The monoisotopic (exact) mass is 256 g/mol. The van der Waals surface area contributed by atoms with Gasteiger partial charge in [0.2, 0.25) is 0 Å². The van der Waals surface area contributed by atoms with E-state index in [0.29, 0.717) is 11.4 Å². The molecule has 0 fully saturated rings. The van der Waals surface area contributed by atoms with E-state index in [1.54, 1.807) is 7.11 Å². The highest BCUT2D eigenvalue weighted by atomic mass is 16.5. The molecule has 2 aromatic carbocycles. The summed E-state index contributed by atoms with van der Waals surface area (Å²) in [5.74, 6) is 0.703. The number of anilines is 3. The first-order valence-corrected chi connectivity index (χ1v) is 6.27. The van der Waals surface area contributed by atoms with Gasteiger partial charge < -0.3 is 15.4 Å². The molecule has 100 valence electrons. The molecule has 0 unspecified atom stereocenters. The summed E-state index contributed by atoms with van der Waals surface area (Å²) in [5, 5.41) is 0. The third-order valence-corrected chi connectivity index (χ3v) is 3.32. The molecule has 0 atom stereocenters. The number of nitrogens with two attached hydrogens (primary N) is 1. The summed E-state index contributed by atoms with van der Waals surface area (Å²) in [7, 11) is 3.68. The Labute approximate surface area is 114 Å². The molecule has 0 amide bonds. The molecule has 0 spiro atoms. The lowest BCUT2D eigenvalue weighted by Gasteiger charge is -2.22. The maximum Gasteiger partial charge on any atom is 0.143 e. The SMILES string of the molecule is COc1cc(N(C)c2ccc(C)cc2C)ccc1N. The molecule has 0 saturated heterocycles. The molecule has 0 saturated carbocycles. The van der Waals surface area contributed by atoms with E-state index < -0.39 is 0 Å². The van der Waals surface area contributed by atoms with Crippen molar-refractivity contribution in [2.24, 2.45) is 0 Å². The van der Waals surface area contributed by atoms with Crippen LogP contribution in [-0.2, 0) is 0 Å². The van der Waals surface area contributed by atoms with Crippen molar-refractivity contribution in [3.05, 3.63) is 47.5 Å². The zero-order chi connectivity index (χ0) is 14.0. The van der Waals surface area contributed by atoms with Crippen molar-refractivity contribution in [1.29, 1.82) is 0 Å². The average Bonchev–Trinajstić information content (AvgIpc) is 2.38. The number of hydrogen-bond donors (Lipinski definition) is 1. The zero-order valence-corrected chi connectivity index (χ0v) is 11.9. The summed E-state index contributed by atoms with van der Waals surface area (Å²) in [6, 6.07) is 12.3. The van der Waals surface area contributed by atoms with Gasteiger partial charge >= 0.3 is 0 Å². The van der Waals surface area contributed by atoms with Crippen molar-refractivity contribution >= 4 is 17.1 Å². The smallest absolute Gasteiger partial charge is 0.143 e. The van der Waals surface area contributed by atoms with E-state index in [2.05, 4.69) is 36.9 Å². The Morgan fingerprint density at radius 2 is 1.79 bits per heavy atom. The Morgan fingerprint density at radius 3 is 2.42 bits per heavy atom. The second kappa shape index (κ2) is 5.22. The molecule has 0 bridgehead atoms. The fourth-order valence-corrected chi connectivity index (χ4v) is 2.23. The summed E-state index contributed by atoms with van der Waals surface area (Å²) in [6.45, 7) is 4.22. The third-order valence-electron chi connectivity index (χ3n) is 3.32. The van der Waals surface area contributed by atoms with Gasteiger partial charge in [-0.2, -0.15) is 0 Å². The molecular formula is C16H20N2O. The highest BCUT2D eigenvalue weighted by Crippen LogP contribution is 2.32. The quantitative estimate of drug-likeness (QED) is 0.852. The van der Waals surface area contributed by atoms with Gasteiger partial charge in [-0.3, -0.25) is 0 Å². The topological polar surface area (TPSA) is 38.5 Å². The van der Waals surface area contributed by atoms with Crippen LogP contribution in [0, 0.1) is 13.8 Å². The second-order valence-corrected chi connectivity index (χ2v) is 4.78. The molecule has 2 rings (SSSR count). The van der Waals surface area contributed by atoms with Crippen molar-refractivity contribution in [2.75, 3.05) is 24.8 Å². The molecule has 0 heterocycles. The molecule has 2 aromatic rings. The van der Waals surface area contributed by atoms with Crippen LogP contribution in [0.2, 0.25) is 0 Å². The van der Waals surface area contributed by atoms with Crippen molar-refractivity contribution in [3.8, 4) is 5.75 Å². The van der Waals surface area contributed by atoms with Crippen LogP contribution in [0.25, 0.3) is 0 Å². The Bertz CT molecular complexity index is 593. The van der Waals surface area contributed by atoms with Crippen molar-refractivity contribution in [1.82, 2.24) is 0 Å². The van der Waals surface area contributed by atoms with Crippen LogP contribution in [0.5, 0.6) is 5.75 Å². The maximum absolute atomic E-state index is 5.85. The highest BCUT2D eigenvalue weighted by Gasteiger charge is 2.09. The fraction of sp³-hybridized carbons (Fsp3) is 0.250. The largest absolute Gasteiger partial charge is 0.495 e. The van der Waals surface area contributed by atoms with Crippen molar-refractivity contribution < 1.29 is 4.74 Å². The second-order valence-electron chi connectivity index (χ2n) is 4.78. The molecule has 3 nitrogen and oxygen atoms in total. The predicted molar refractivity (Wildman–Crippen MR) is 81.4 cm³/mol. The van der Waals surface area contributed by atoms with E-state index in [0.717, 1.165) is 5.69 Å². The van der Waals surface area contributed by atoms with Crippen LogP contribution < -0.4 is 15.4 Å². The number of benzene rings is 2. The number of nitrogen functional groups attached to an aromatic ring is 1. The third kappa shape index (κ3) is 2.65. The molecule has 0 aliphatic rings. The lowest BCUT2D eigenvalue weighted by molar-refractivity contribution is 0.417. The van der Waals surface area contributed by atoms with Crippen molar-refractivity contribution in [3.63, 3.8) is 0 Å². The molecule has 3 heteroatoms. The normalized spacial score (nSPS) is 10.3. The Hall–Kier alpha value is -2.16. The lowest BCUT2D eigenvalue weighted by atomic mass is 10.1. The molecule has 2 N–H and O–H groups in total. The van der Waals surface area contributed by atoms with Crippen LogP contribution in [0.4, 0.5) is 17.1 Å². The average molecular weight is 256 g/mol. The molecule has 0 aromatic heterocycles. The highest BCUT2D eigenvalue weighted by molar-refractivity contribution is 5.70. The number of hydrogen-bond acceptors (Lipinski definition) is 3. The van der Waals surface area contributed by atoms with E-state index in [1.165, 1.54) is 16.8 Å². The number of methoxy groups -OCH3 is 1. The number of nitrogens with zero attached hydrogens (tertiary/aromatic N) is 1. The van der Waals surface area contributed by atoms with Crippen LogP contribution in [0.3, 0.4) is 0 Å². The number of ether oxygens (including phenoxy) is 1. The molecular weight excluding hydrogens is 236 g/mol. The van der Waals surface area contributed by atoms with E-state index in [9.17, 15) is 0 Å². The van der Waals surface area contributed by atoms with Gasteiger partial charge in [0.1, 0.15) is 5.75 Å². The van der Waals surface area contributed by atoms with E-state index >= 15 is 0 Å². The lowest BCUT2D eigenvalue weighted by Crippen LogP contribution is -2.11. The van der Waals surface area contributed by atoms with Gasteiger partial charge in [-0.25, -0.2) is 0 Å². The Kier molecular flexibility index (Phi) is 3.65. The van der Waals surface area contributed by atoms with Gasteiger partial charge in [-0.05, 0) is 37.6 Å². The van der Waals surface area contributed by atoms with Crippen LogP contribution in [0.1, 0.15) is 11.1 Å². The fourth-order valence-electron chi connectivity index (χ4n) is 2.23. The van der Waals surface area contributed by atoms with E-state index in [4.69, 9.17) is 10.5 Å². The zero-order valence-electron chi connectivity index (χ0n) is 11.9. The summed E-state index contributed by atoms with van der Waals surface area (Å²) >= 11 is 0. The van der Waals surface area contributed by atoms with Gasteiger partial charge in [-0.15, -0.1) is 0 Å². The first-order chi connectivity index (χ1) is 9.02.